The number of rotatable bonds is 3. The third kappa shape index (κ3) is 2.53. The van der Waals surface area contributed by atoms with Gasteiger partial charge in [0.15, 0.2) is 5.82 Å². The van der Waals surface area contributed by atoms with Crippen LogP contribution in [0.5, 0.6) is 0 Å². The molecule has 0 aliphatic carbocycles. The third-order valence-electron chi connectivity index (χ3n) is 4.29. The van der Waals surface area contributed by atoms with E-state index in [-0.39, 0.29) is 17.9 Å². The van der Waals surface area contributed by atoms with Gasteiger partial charge in [-0.15, -0.1) is 0 Å². The summed E-state index contributed by atoms with van der Waals surface area (Å²) in [5, 5.41) is 3.99. The van der Waals surface area contributed by atoms with Crippen LogP contribution in [-0.2, 0) is 4.79 Å². The standard InChI is InChI=1S/C16H21N3O3/c1-9-8-13(11(3)21-9)10(2)16(20)19-7-5-6-14(19)15-17-12(4)22-18-15/h8,10,14H,5-7H2,1-4H3. The quantitative estimate of drug-likeness (QED) is 0.871. The average Bonchev–Trinajstić information content (AvgIpc) is 3.17. The summed E-state index contributed by atoms with van der Waals surface area (Å²) in [4.78, 5) is 19.1. The second-order valence-electron chi connectivity index (χ2n) is 5.95. The molecule has 3 heterocycles. The number of aromatic nitrogens is 2. The number of likely N-dealkylation sites (tertiary alicyclic amines) is 1. The lowest BCUT2D eigenvalue weighted by Gasteiger charge is -2.25. The average molecular weight is 303 g/mol. The Labute approximate surface area is 129 Å². The normalized spacial score (nSPS) is 19.6. The van der Waals surface area contributed by atoms with Crippen LogP contribution in [0.15, 0.2) is 15.0 Å². The van der Waals surface area contributed by atoms with E-state index in [1.54, 1.807) is 6.92 Å². The zero-order valence-corrected chi connectivity index (χ0v) is 13.4. The second-order valence-corrected chi connectivity index (χ2v) is 5.95. The van der Waals surface area contributed by atoms with E-state index in [2.05, 4.69) is 10.1 Å². The fourth-order valence-corrected chi connectivity index (χ4v) is 3.21. The van der Waals surface area contributed by atoms with Gasteiger partial charge in [0.2, 0.25) is 11.8 Å². The lowest BCUT2D eigenvalue weighted by Crippen LogP contribution is -2.34. The summed E-state index contributed by atoms with van der Waals surface area (Å²) in [6, 6.07) is 1.86. The van der Waals surface area contributed by atoms with E-state index in [0.717, 1.165) is 36.5 Å². The van der Waals surface area contributed by atoms with Gasteiger partial charge in [0.1, 0.15) is 11.5 Å². The van der Waals surface area contributed by atoms with E-state index in [1.165, 1.54) is 0 Å². The number of nitrogens with zero attached hydrogens (tertiary/aromatic N) is 3. The van der Waals surface area contributed by atoms with Gasteiger partial charge in [-0.2, -0.15) is 4.98 Å². The number of aryl methyl sites for hydroxylation is 3. The lowest BCUT2D eigenvalue weighted by atomic mass is 9.99. The maximum Gasteiger partial charge on any atom is 0.230 e. The molecule has 1 aliphatic heterocycles. The first-order valence-corrected chi connectivity index (χ1v) is 7.65. The van der Waals surface area contributed by atoms with Crippen LogP contribution in [0, 0.1) is 20.8 Å². The molecule has 22 heavy (non-hydrogen) atoms. The molecule has 0 spiro atoms. The summed E-state index contributed by atoms with van der Waals surface area (Å²) in [6.07, 6.45) is 1.83. The Morgan fingerprint density at radius 1 is 1.41 bits per heavy atom. The largest absolute Gasteiger partial charge is 0.466 e. The molecular formula is C16H21N3O3. The number of carbonyl (C=O) groups excluding carboxylic acids is 1. The van der Waals surface area contributed by atoms with Gasteiger partial charge in [-0.25, -0.2) is 0 Å². The molecule has 6 heteroatoms. The Bertz CT molecular complexity index is 689. The first-order chi connectivity index (χ1) is 10.5. The van der Waals surface area contributed by atoms with Crippen LogP contribution < -0.4 is 0 Å². The summed E-state index contributed by atoms with van der Waals surface area (Å²) in [7, 11) is 0. The van der Waals surface area contributed by atoms with Crippen LogP contribution in [0.3, 0.4) is 0 Å². The fraction of sp³-hybridized carbons (Fsp3) is 0.562. The molecule has 1 fully saturated rings. The van der Waals surface area contributed by atoms with Crippen molar-refractivity contribution in [2.24, 2.45) is 0 Å². The van der Waals surface area contributed by atoms with Gasteiger partial charge in [-0.05, 0) is 39.7 Å². The molecule has 0 radical (unpaired) electrons. The summed E-state index contributed by atoms with van der Waals surface area (Å²) in [5.74, 6) is 2.64. The zero-order valence-electron chi connectivity index (χ0n) is 13.4. The Balaban J connectivity index is 1.83. The van der Waals surface area contributed by atoms with E-state index in [4.69, 9.17) is 8.94 Å². The summed E-state index contributed by atoms with van der Waals surface area (Å²) in [6.45, 7) is 8.22. The molecule has 2 aromatic heterocycles. The van der Waals surface area contributed by atoms with Crippen molar-refractivity contribution in [2.75, 3.05) is 6.54 Å². The first-order valence-electron chi connectivity index (χ1n) is 7.65. The Kier molecular flexibility index (Phi) is 3.76. The molecule has 2 atom stereocenters. The van der Waals surface area contributed by atoms with E-state index >= 15 is 0 Å². The highest BCUT2D eigenvalue weighted by Crippen LogP contribution is 2.34. The van der Waals surface area contributed by atoms with E-state index in [9.17, 15) is 4.79 Å². The van der Waals surface area contributed by atoms with Crippen LogP contribution >= 0.6 is 0 Å². The number of carbonyl (C=O) groups is 1. The molecule has 0 N–H and O–H groups in total. The smallest absolute Gasteiger partial charge is 0.230 e. The Morgan fingerprint density at radius 3 is 2.77 bits per heavy atom. The maximum atomic E-state index is 12.9. The minimum Gasteiger partial charge on any atom is -0.466 e. The Morgan fingerprint density at radius 2 is 2.18 bits per heavy atom. The molecule has 2 aromatic rings. The van der Waals surface area contributed by atoms with Gasteiger partial charge in [0, 0.05) is 19.0 Å². The molecule has 1 saturated heterocycles. The van der Waals surface area contributed by atoms with Crippen molar-refractivity contribution >= 4 is 5.91 Å². The van der Waals surface area contributed by atoms with Crippen LogP contribution in [0.1, 0.15) is 60.5 Å². The van der Waals surface area contributed by atoms with Crippen molar-refractivity contribution in [3.8, 4) is 0 Å². The van der Waals surface area contributed by atoms with Gasteiger partial charge in [0.05, 0.1) is 12.0 Å². The summed E-state index contributed by atoms with van der Waals surface area (Å²) in [5.41, 5.74) is 0.956. The van der Waals surface area contributed by atoms with Crippen LogP contribution in [-0.4, -0.2) is 27.5 Å². The summed E-state index contributed by atoms with van der Waals surface area (Å²) >= 11 is 0. The van der Waals surface area contributed by atoms with Crippen molar-refractivity contribution in [2.45, 2.75) is 52.5 Å². The minimum absolute atomic E-state index is 0.0827. The monoisotopic (exact) mass is 303 g/mol. The van der Waals surface area contributed by atoms with E-state index < -0.39 is 0 Å². The highest BCUT2D eigenvalue weighted by molar-refractivity contribution is 5.84. The molecule has 2 unspecified atom stereocenters. The summed E-state index contributed by atoms with van der Waals surface area (Å²) < 4.78 is 10.6. The lowest BCUT2D eigenvalue weighted by molar-refractivity contribution is -0.133. The van der Waals surface area contributed by atoms with Gasteiger partial charge < -0.3 is 13.8 Å². The van der Waals surface area contributed by atoms with Crippen molar-refractivity contribution < 1.29 is 13.7 Å². The molecule has 0 bridgehead atoms. The van der Waals surface area contributed by atoms with Crippen molar-refractivity contribution in [1.29, 1.82) is 0 Å². The SMILES string of the molecule is Cc1cc(C(C)C(=O)N2CCCC2c2noc(C)n2)c(C)o1. The number of hydrogen-bond donors (Lipinski definition) is 0. The van der Waals surface area contributed by atoms with E-state index in [1.807, 2.05) is 31.7 Å². The molecule has 1 amide bonds. The van der Waals surface area contributed by atoms with Crippen LogP contribution in [0.2, 0.25) is 0 Å². The molecule has 1 aliphatic rings. The molecule has 0 aromatic carbocycles. The van der Waals surface area contributed by atoms with Crippen LogP contribution in [0.25, 0.3) is 0 Å². The predicted octanol–water partition coefficient (Wildman–Crippen LogP) is 3.06. The van der Waals surface area contributed by atoms with Crippen LogP contribution in [0.4, 0.5) is 0 Å². The van der Waals surface area contributed by atoms with Crippen molar-refractivity contribution in [3.63, 3.8) is 0 Å². The topological polar surface area (TPSA) is 72.4 Å². The molecule has 118 valence electrons. The number of furan rings is 1. The second kappa shape index (κ2) is 5.59. The minimum atomic E-state index is -0.231. The van der Waals surface area contributed by atoms with Gasteiger partial charge >= 0.3 is 0 Å². The fourth-order valence-electron chi connectivity index (χ4n) is 3.21. The molecule has 6 nitrogen and oxygen atoms in total. The maximum absolute atomic E-state index is 12.9. The highest BCUT2D eigenvalue weighted by Gasteiger charge is 2.36. The highest BCUT2D eigenvalue weighted by atomic mass is 16.5. The molecular weight excluding hydrogens is 282 g/mol. The Hall–Kier alpha value is -2.11. The van der Waals surface area contributed by atoms with Crippen molar-refractivity contribution in [3.05, 3.63) is 34.9 Å². The van der Waals surface area contributed by atoms with Crippen molar-refractivity contribution in [1.82, 2.24) is 15.0 Å². The predicted molar refractivity (Wildman–Crippen MR) is 79.3 cm³/mol. The zero-order chi connectivity index (χ0) is 15.9. The molecule has 3 rings (SSSR count). The van der Waals surface area contributed by atoms with Gasteiger partial charge in [0.25, 0.3) is 0 Å². The number of amides is 1. The molecule has 0 saturated carbocycles. The number of hydrogen-bond acceptors (Lipinski definition) is 5. The van der Waals surface area contributed by atoms with Gasteiger partial charge in [-0.1, -0.05) is 5.16 Å². The third-order valence-corrected chi connectivity index (χ3v) is 4.29. The first kappa shape index (κ1) is 14.8. The van der Waals surface area contributed by atoms with E-state index in [0.29, 0.717) is 11.7 Å². The van der Waals surface area contributed by atoms with Gasteiger partial charge in [-0.3, -0.25) is 4.79 Å².